The van der Waals surface area contributed by atoms with Gasteiger partial charge in [-0.15, -0.1) is 22.7 Å². The van der Waals surface area contributed by atoms with Crippen LogP contribution in [0.1, 0.15) is 0 Å². The predicted molar refractivity (Wildman–Crippen MR) is 313 cm³/mol. The predicted octanol–water partition coefficient (Wildman–Crippen LogP) is 20.7. The van der Waals surface area contributed by atoms with E-state index in [9.17, 15) is 0 Å². The van der Waals surface area contributed by atoms with Gasteiger partial charge in [-0.3, -0.25) is 0 Å². The Bertz CT molecular complexity index is 4360. The Morgan fingerprint density at radius 1 is 0.236 bits per heavy atom. The summed E-state index contributed by atoms with van der Waals surface area (Å²) in [5.41, 5.74) is 13.7. The maximum absolute atomic E-state index is 2.49. The topological polar surface area (TPSA) is 6.48 Å². The van der Waals surface area contributed by atoms with Crippen molar-refractivity contribution in [3.8, 4) is 33.4 Å². The van der Waals surface area contributed by atoms with E-state index in [1.807, 2.05) is 22.7 Å². The summed E-state index contributed by atoms with van der Waals surface area (Å²) in [4.78, 5) is 4.95. The molecule has 0 radical (unpaired) electrons. The zero-order chi connectivity index (χ0) is 47.5. The third-order valence-electron chi connectivity index (χ3n) is 14.2. The maximum atomic E-state index is 2.49. The Hall–Kier alpha value is -8.80. The summed E-state index contributed by atoms with van der Waals surface area (Å²) in [5.74, 6) is 0. The molecule has 0 unspecified atom stereocenters. The molecule has 14 rings (SSSR count). The van der Waals surface area contributed by atoms with Gasteiger partial charge in [-0.05, 0) is 116 Å². The van der Waals surface area contributed by atoms with Gasteiger partial charge in [0.1, 0.15) is 0 Å². The molecule has 0 amide bonds. The van der Waals surface area contributed by atoms with Gasteiger partial charge in [0.2, 0.25) is 0 Å². The smallest absolute Gasteiger partial charge is 0.0640 e. The summed E-state index contributed by atoms with van der Waals surface area (Å²) in [6.45, 7) is 0. The van der Waals surface area contributed by atoms with Crippen molar-refractivity contribution in [2.45, 2.75) is 0 Å². The van der Waals surface area contributed by atoms with Crippen LogP contribution in [0.3, 0.4) is 0 Å². The highest BCUT2D eigenvalue weighted by Gasteiger charge is 2.24. The molecule has 12 aromatic carbocycles. The molecule has 14 aromatic rings. The van der Waals surface area contributed by atoms with Gasteiger partial charge in [0.25, 0.3) is 0 Å². The average Bonchev–Trinajstić information content (AvgIpc) is 4.04. The second-order valence-corrected chi connectivity index (χ2v) is 20.5. The number of fused-ring (bicyclic) bond motifs is 9. The molecule has 0 aliphatic heterocycles. The lowest BCUT2D eigenvalue weighted by Crippen LogP contribution is -2.12. The fraction of sp³-hybridized carbons (Fsp3) is 0. The first kappa shape index (κ1) is 42.1. The van der Waals surface area contributed by atoms with Gasteiger partial charge in [-0.25, -0.2) is 0 Å². The summed E-state index contributed by atoms with van der Waals surface area (Å²) >= 11 is 3.76. The number of nitrogens with zero attached hydrogens (tertiary/aromatic N) is 2. The second-order valence-electron chi connectivity index (χ2n) is 18.4. The molecule has 0 saturated carbocycles. The molecule has 0 aliphatic rings. The number of anilines is 6. The monoisotopic (exact) mass is 952 g/mol. The van der Waals surface area contributed by atoms with Crippen LogP contribution in [0.2, 0.25) is 0 Å². The van der Waals surface area contributed by atoms with E-state index in [1.54, 1.807) is 0 Å². The number of thiophene rings is 2. The van der Waals surface area contributed by atoms with E-state index in [0.29, 0.717) is 0 Å². The van der Waals surface area contributed by atoms with Crippen LogP contribution in [0.25, 0.3) is 95.3 Å². The van der Waals surface area contributed by atoms with Crippen LogP contribution in [0.15, 0.2) is 267 Å². The summed E-state index contributed by atoms with van der Waals surface area (Å²) < 4.78 is 5.11. The molecular formula is C68H44N2S2. The van der Waals surface area contributed by atoms with Crippen LogP contribution >= 0.6 is 22.7 Å². The van der Waals surface area contributed by atoms with Crippen LogP contribution in [-0.4, -0.2) is 0 Å². The summed E-state index contributed by atoms with van der Waals surface area (Å²) in [5, 5.41) is 10.1. The highest BCUT2D eigenvalue weighted by molar-refractivity contribution is 7.27. The first-order chi connectivity index (χ1) is 35.7. The molecule has 0 bridgehead atoms. The molecular weight excluding hydrogens is 909 g/mol. The lowest BCUT2D eigenvalue weighted by molar-refractivity contribution is 1.29. The molecule has 0 aliphatic carbocycles. The lowest BCUT2D eigenvalue weighted by atomic mass is 9.99. The Morgan fingerprint density at radius 2 is 0.750 bits per heavy atom. The number of rotatable bonds is 9. The van der Waals surface area contributed by atoms with Gasteiger partial charge in [0.15, 0.2) is 0 Å². The van der Waals surface area contributed by atoms with Crippen molar-refractivity contribution in [2.24, 2.45) is 0 Å². The quantitative estimate of drug-likeness (QED) is 0.142. The summed E-state index contributed by atoms with van der Waals surface area (Å²) in [6, 6.07) is 98.0. The van der Waals surface area contributed by atoms with Crippen molar-refractivity contribution in [3.63, 3.8) is 0 Å². The van der Waals surface area contributed by atoms with Crippen LogP contribution in [0.5, 0.6) is 0 Å². The molecule has 0 saturated heterocycles. The highest BCUT2D eigenvalue weighted by Crippen LogP contribution is 2.50. The SMILES string of the molecule is c1ccc(-c2ccc(N(c3ccccc3-c3cccc(N(c4cccc(-c5ccc6ccccc6c5)c4)c4cccc5c4sc4ccccc45)c3)c3cccc4c3sc3c5ccccc5ccc43)cc2)cc1. The summed E-state index contributed by atoms with van der Waals surface area (Å²) in [7, 11) is 0. The van der Waals surface area contributed by atoms with E-state index in [-0.39, 0.29) is 0 Å². The van der Waals surface area contributed by atoms with Gasteiger partial charge in [0, 0.05) is 53.6 Å². The molecule has 2 aromatic heterocycles. The van der Waals surface area contributed by atoms with Crippen molar-refractivity contribution in [1.82, 2.24) is 0 Å². The van der Waals surface area contributed by atoms with E-state index in [4.69, 9.17) is 0 Å². The second kappa shape index (κ2) is 17.6. The molecule has 0 fully saturated rings. The highest BCUT2D eigenvalue weighted by atomic mass is 32.1. The molecule has 72 heavy (non-hydrogen) atoms. The van der Waals surface area contributed by atoms with Crippen molar-refractivity contribution in [3.05, 3.63) is 267 Å². The van der Waals surface area contributed by atoms with Gasteiger partial charge in [-0.1, -0.05) is 200 Å². The minimum absolute atomic E-state index is 1.08. The van der Waals surface area contributed by atoms with Gasteiger partial charge >= 0.3 is 0 Å². The first-order valence-corrected chi connectivity index (χ1v) is 26.1. The zero-order valence-corrected chi connectivity index (χ0v) is 40.7. The van der Waals surface area contributed by atoms with E-state index >= 15 is 0 Å². The maximum Gasteiger partial charge on any atom is 0.0640 e. The van der Waals surface area contributed by atoms with E-state index in [1.165, 1.54) is 84.1 Å². The lowest BCUT2D eigenvalue weighted by Gasteiger charge is -2.29. The Labute approximate surface area is 426 Å². The van der Waals surface area contributed by atoms with Crippen molar-refractivity contribution >= 4 is 119 Å². The number of para-hydroxylation sites is 1. The van der Waals surface area contributed by atoms with Crippen molar-refractivity contribution < 1.29 is 0 Å². The molecule has 338 valence electrons. The van der Waals surface area contributed by atoms with E-state index < -0.39 is 0 Å². The third-order valence-corrected chi connectivity index (χ3v) is 16.7. The number of benzene rings is 12. The van der Waals surface area contributed by atoms with Gasteiger partial charge < -0.3 is 9.80 Å². The third kappa shape index (κ3) is 7.23. The number of hydrogen-bond donors (Lipinski definition) is 0. The zero-order valence-electron chi connectivity index (χ0n) is 39.1. The Morgan fingerprint density at radius 3 is 1.57 bits per heavy atom. The van der Waals surface area contributed by atoms with E-state index in [0.717, 1.165) is 45.3 Å². The minimum Gasteiger partial charge on any atom is -0.309 e. The normalized spacial score (nSPS) is 11.6. The van der Waals surface area contributed by atoms with Crippen LogP contribution in [0.4, 0.5) is 34.1 Å². The molecule has 0 atom stereocenters. The molecule has 2 nitrogen and oxygen atoms in total. The summed E-state index contributed by atoms with van der Waals surface area (Å²) in [6.07, 6.45) is 0. The Balaban J connectivity index is 0.961. The molecule has 2 heterocycles. The van der Waals surface area contributed by atoms with Gasteiger partial charge in [-0.2, -0.15) is 0 Å². The minimum atomic E-state index is 1.08. The largest absolute Gasteiger partial charge is 0.309 e. The fourth-order valence-corrected chi connectivity index (χ4v) is 13.3. The van der Waals surface area contributed by atoms with Crippen molar-refractivity contribution in [1.29, 1.82) is 0 Å². The standard InChI is InChI=1S/C68H44N2S2/c1-2-16-45(17-3-1)47-36-39-53(40-37-47)70(64-32-15-29-60-61-41-38-48-19-6-7-26-57(48)66(61)72-68(60)64)62-30-10-8-25-56(62)52-22-13-24-55(44-52)69(63-31-14-28-59-58-27-9-11-33-65(58)71-67(59)63)54-23-12-21-50(43-54)51-35-34-46-18-4-5-20-49(46)42-51/h1-44H. The fourth-order valence-electron chi connectivity index (χ4n) is 10.8. The van der Waals surface area contributed by atoms with E-state index in [2.05, 4.69) is 277 Å². The van der Waals surface area contributed by atoms with Gasteiger partial charge in [0.05, 0.1) is 26.5 Å². The average molecular weight is 953 g/mol. The first-order valence-electron chi connectivity index (χ1n) is 24.5. The molecule has 0 spiro atoms. The van der Waals surface area contributed by atoms with Crippen LogP contribution in [-0.2, 0) is 0 Å². The molecule has 0 N–H and O–H groups in total. The number of hydrogen-bond acceptors (Lipinski definition) is 4. The Kier molecular flexibility index (Phi) is 10.3. The van der Waals surface area contributed by atoms with Crippen molar-refractivity contribution in [2.75, 3.05) is 9.80 Å². The van der Waals surface area contributed by atoms with Crippen LogP contribution in [0, 0.1) is 0 Å². The van der Waals surface area contributed by atoms with Crippen LogP contribution < -0.4 is 9.80 Å². The molecule has 4 heteroatoms.